The molecule has 4 nitrogen and oxygen atoms in total. The van der Waals surface area contributed by atoms with Gasteiger partial charge in [0.25, 0.3) is 0 Å². The Morgan fingerprint density at radius 1 is 1.08 bits per heavy atom. The smallest absolute Gasteiger partial charge is 0.315 e. The number of hydrogen-bond donors (Lipinski definition) is 1. The maximum Gasteiger partial charge on any atom is 0.315 e. The summed E-state index contributed by atoms with van der Waals surface area (Å²) in [5.41, 5.74) is 0. The Bertz CT molecular complexity index is 404. The second-order valence-electron chi connectivity index (χ2n) is 7.91. The Labute approximate surface area is 155 Å². The largest absolute Gasteiger partial charge is 0.518 e. The van der Waals surface area contributed by atoms with Crippen LogP contribution in [0, 0.1) is 5.92 Å². The third-order valence-corrected chi connectivity index (χ3v) is 5.07. The molecule has 0 aromatic heterocycles. The van der Waals surface area contributed by atoms with E-state index in [0.717, 1.165) is 32.1 Å². The van der Waals surface area contributed by atoms with E-state index in [-0.39, 0.29) is 17.8 Å². The van der Waals surface area contributed by atoms with Crippen molar-refractivity contribution in [2.45, 2.75) is 97.3 Å². The van der Waals surface area contributed by atoms with Gasteiger partial charge >= 0.3 is 5.97 Å². The molecule has 2 atom stereocenters. The average molecular weight is 370 g/mol. The number of amides is 1. The van der Waals surface area contributed by atoms with Crippen molar-refractivity contribution in [2.24, 2.45) is 5.92 Å². The minimum atomic E-state index is -1.95. The van der Waals surface area contributed by atoms with Crippen LogP contribution in [-0.2, 0) is 14.0 Å². The summed E-state index contributed by atoms with van der Waals surface area (Å²) in [6.07, 6.45) is 11.1. The van der Waals surface area contributed by atoms with Crippen LogP contribution in [0.3, 0.4) is 0 Å². The third kappa shape index (κ3) is 12.8. The molecule has 0 saturated heterocycles. The van der Waals surface area contributed by atoms with Crippen LogP contribution in [0.1, 0.15) is 71.6 Å². The molecule has 146 valence electrons. The maximum atomic E-state index is 12.4. The van der Waals surface area contributed by atoms with Gasteiger partial charge in [-0.2, -0.15) is 0 Å². The molecule has 0 spiro atoms. The summed E-state index contributed by atoms with van der Waals surface area (Å²) < 4.78 is 5.59. The second-order valence-corrected chi connectivity index (χ2v) is 12.3. The molecule has 0 radical (unpaired) electrons. The van der Waals surface area contributed by atoms with Crippen molar-refractivity contribution in [2.75, 3.05) is 0 Å². The van der Waals surface area contributed by atoms with Gasteiger partial charge in [0, 0.05) is 6.42 Å². The van der Waals surface area contributed by atoms with Crippen LogP contribution in [-0.4, -0.2) is 26.2 Å². The summed E-state index contributed by atoms with van der Waals surface area (Å²) in [5.74, 6) is -0.230. The van der Waals surface area contributed by atoms with E-state index in [1.165, 1.54) is 19.3 Å². The number of rotatable bonds is 14. The van der Waals surface area contributed by atoms with Crippen molar-refractivity contribution in [1.82, 2.24) is 5.32 Å². The van der Waals surface area contributed by atoms with Gasteiger partial charge in [0.05, 0.1) is 0 Å². The fraction of sp³-hybridized carbons (Fsp3) is 0.800. The monoisotopic (exact) mass is 369 g/mol. The van der Waals surface area contributed by atoms with Crippen LogP contribution in [0.15, 0.2) is 12.7 Å². The van der Waals surface area contributed by atoms with Gasteiger partial charge in [0.2, 0.25) is 14.2 Å². The van der Waals surface area contributed by atoms with Crippen molar-refractivity contribution in [3.8, 4) is 0 Å². The minimum absolute atomic E-state index is 0.0375. The van der Waals surface area contributed by atoms with Gasteiger partial charge in [0.15, 0.2) is 0 Å². The summed E-state index contributed by atoms with van der Waals surface area (Å²) in [5, 5.41) is 2.91. The molecule has 0 fully saturated rings. The van der Waals surface area contributed by atoms with E-state index in [1.807, 2.05) is 39.6 Å². The summed E-state index contributed by atoms with van der Waals surface area (Å²) >= 11 is 0. The highest BCUT2D eigenvalue weighted by atomic mass is 28.4. The van der Waals surface area contributed by atoms with Crippen molar-refractivity contribution >= 4 is 20.2 Å². The first-order valence-electron chi connectivity index (χ1n) is 9.84. The Hall–Kier alpha value is -1.10. The fourth-order valence-corrected chi connectivity index (χ4v) is 3.29. The average Bonchev–Trinajstić information content (AvgIpc) is 2.52. The molecule has 0 aromatic carbocycles. The molecule has 0 bridgehead atoms. The number of carbonyl (C=O) groups excluding carboxylic acids is 2. The standard InChI is InChI=1S/C20H39NO3Si/c1-7-9-10-11-12-13-14-15-16-18(22)21-19(17(3)8-2)20(23)24-25(4,5)6/h7,17,19H,1,8-16H2,2-6H3,(H,21,22)/t17-,19-/m0/s1. The van der Waals surface area contributed by atoms with Gasteiger partial charge in [-0.3, -0.25) is 9.59 Å². The number of hydrogen-bond acceptors (Lipinski definition) is 3. The van der Waals surface area contributed by atoms with Crippen molar-refractivity contribution in [3.05, 3.63) is 12.7 Å². The van der Waals surface area contributed by atoms with Crippen molar-refractivity contribution < 1.29 is 14.0 Å². The Morgan fingerprint density at radius 2 is 1.64 bits per heavy atom. The first kappa shape index (κ1) is 23.9. The first-order valence-corrected chi connectivity index (χ1v) is 13.2. The fourth-order valence-electron chi connectivity index (χ4n) is 2.56. The lowest BCUT2D eigenvalue weighted by atomic mass is 9.99. The zero-order chi connectivity index (χ0) is 19.3. The van der Waals surface area contributed by atoms with Crippen LogP contribution < -0.4 is 5.32 Å². The van der Waals surface area contributed by atoms with Gasteiger partial charge in [0.1, 0.15) is 6.04 Å². The molecular formula is C20H39NO3Si. The summed E-state index contributed by atoms with van der Waals surface area (Å²) in [7, 11) is -1.95. The van der Waals surface area contributed by atoms with E-state index in [9.17, 15) is 9.59 Å². The highest BCUT2D eigenvalue weighted by Gasteiger charge is 2.30. The molecule has 1 amide bonds. The second kappa shape index (κ2) is 13.1. The molecule has 0 aliphatic rings. The lowest BCUT2D eigenvalue weighted by Crippen LogP contribution is -2.48. The highest BCUT2D eigenvalue weighted by molar-refractivity contribution is 6.71. The lowest BCUT2D eigenvalue weighted by Gasteiger charge is -2.27. The van der Waals surface area contributed by atoms with Crippen LogP contribution in [0.5, 0.6) is 0 Å². The number of unbranched alkanes of at least 4 members (excludes halogenated alkanes) is 6. The highest BCUT2D eigenvalue weighted by Crippen LogP contribution is 2.14. The van der Waals surface area contributed by atoms with Crippen LogP contribution in [0.25, 0.3) is 0 Å². The molecule has 0 heterocycles. The summed E-state index contributed by atoms with van der Waals surface area (Å²) in [6, 6.07) is -0.525. The van der Waals surface area contributed by atoms with Crippen LogP contribution in [0.4, 0.5) is 0 Å². The predicted molar refractivity (Wildman–Crippen MR) is 108 cm³/mol. The number of allylic oxidation sites excluding steroid dienone is 1. The minimum Gasteiger partial charge on any atom is -0.518 e. The predicted octanol–water partition coefficient (Wildman–Crippen LogP) is 5.20. The molecular weight excluding hydrogens is 330 g/mol. The van der Waals surface area contributed by atoms with Crippen molar-refractivity contribution in [1.29, 1.82) is 0 Å². The van der Waals surface area contributed by atoms with Crippen LogP contribution in [0.2, 0.25) is 19.6 Å². The molecule has 25 heavy (non-hydrogen) atoms. The van der Waals surface area contributed by atoms with Gasteiger partial charge in [-0.05, 0) is 44.8 Å². The number of carbonyl (C=O) groups is 2. The first-order chi connectivity index (χ1) is 11.7. The van der Waals surface area contributed by atoms with E-state index in [1.54, 1.807) is 0 Å². The van der Waals surface area contributed by atoms with Crippen LogP contribution >= 0.6 is 0 Å². The molecule has 0 saturated carbocycles. The Kier molecular flexibility index (Phi) is 12.6. The van der Waals surface area contributed by atoms with Gasteiger partial charge < -0.3 is 9.74 Å². The van der Waals surface area contributed by atoms with Gasteiger partial charge in [-0.15, -0.1) is 6.58 Å². The molecule has 5 heteroatoms. The Balaban J connectivity index is 4.18. The topological polar surface area (TPSA) is 55.4 Å². The quantitative estimate of drug-likeness (QED) is 0.260. The lowest BCUT2D eigenvalue weighted by molar-refractivity contribution is -0.141. The zero-order valence-electron chi connectivity index (χ0n) is 17.0. The summed E-state index contributed by atoms with van der Waals surface area (Å²) in [4.78, 5) is 24.6. The maximum absolute atomic E-state index is 12.4. The van der Waals surface area contributed by atoms with E-state index in [0.29, 0.717) is 6.42 Å². The molecule has 0 aromatic rings. The van der Waals surface area contributed by atoms with Gasteiger partial charge in [-0.1, -0.05) is 52.0 Å². The third-order valence-electron chi connectivity index (χ3n) is 4.25. The molecule has 0 unspecified atom stereocenters. The van der Waals surface area contributed by atoms with E-state index < -0.39 is 14.4 Å². The molecule has 0 rings (SSSR count). The Morgan fingerprint density at radius 3 is 2.16 bits per heavy atom. The van der Waals surface area contributed by atoms with Gasteiger partial charge in [-0.25, -0.2) is 0 Å². The van der Waals surface area contributed by atoms with E-state index in [4.69, 9.17) is 4.43 Å². The normalized spacial score (nSPS) is 13.8. The van der Waals surface area contributed by atoms with E-state index >= 15 is 0 Å². The molecule has 0 aliphatic heterocycles. The zero-order valence-corrected chi connectivity index (χ0v) is 18.0. The number of nitrogens with one attached hydrogen (secondary N) is 1. The SMILES string of the molecule is C=CCCCCCCCCC(=O)N[C@H](C(=O)O[Si](C)(C)C)[C@@H](C)CC. The van der Waals surface area contributed by atoms with Crippen molar-refractivity contribution in [3.63, 3.8) is 0 Å². The molecule has 0 aliphatic carbocycles. The van der Waals surface area contributed by atoms with E-state index in [2.05, 4.69) is 11.9 Å². The molecule has 1 N–H and O–H groups in total. The summed E-state index contributed by atoms with van der Waals surface area (Å²) in [6.45, 7) is 13.7.